The highest BCUT2D eigenvalue weighted by Crippen LogP contribution is 2.40. The Labute approximate surface area is 193 Å². The van der Waals surface area contributed by atoms with Gasteiger partial charge in [-0.25, -0.2) is 24.0 Å². The molecule has 1 amide bonds. The lowest BCUT2D eigenvalue weighted by atomic mass is 10.2. The second kappa shape index (κ2) is 7.66. The summed E-state index contributed by atoms with van der Waals surface area (Å²) in [6.07, 6.45) is 5.45. The molecule has 2 N–H and O–H groups in total. The quantitative estimate of drug-likeness (QED) is 0.371. The molecular weight excluding hydrogens is 437 g/mol. The van der Waals surface area contributed by atoms with Crippen LogP contribution in [0.3, 0.4) is 0 Å². The number of nitrogens with two attached hydrogens (primary N) is 1. The van der Waals surface area contributed by atoms with Crippen LogP contribution in [-0.4, -0.2) is 48.6 Å². The van der Waals surface area contributed by atoms with Crippen molar-refractivity contribution in [1.29, 1.82) is 0 Å². The number of benzene rings is 1. The van der Waals surface area contributed by atoms with Crippen LogP contribution in [0.5, 0.6) is 0 Å². The maximum absolute atomic E-state index is 14.7. The van der Waals surface area contributed by atoms with Gasteiger partial charge in [-0.05, 0) is 37.3 Å². The lowest BCUT2D eigenvalue weighted by Gasteiger charge is -2.14. The highest BCUT2D eigenvalue weighted by molar-refractivity contribution is 5.91. The maximum Gasteiger partial charge on any atom is 0.246 e. The molecule has 1 aliphatic carbocycles. The zero-order valence-corrected chi connectivity index (χ0v) is 18.2. The predicted molar refractivity (Wildman–Crippen MR) is 122 cm³/mol. The summed E-state index contributed by atoms with van der Waals surface area (Å²) in [6.45, 7) is 4.61. The van der Waals surface area contributed by atoms with Crippen molar-refractivity contribution in [2.75, 3.05) is 18.8 Å². The Morgan fingerprint density at radius 3 is 2.91 bits per heavy atom. The topological polar surface area (TPSA) is 116 Å². The molecule has 34 heavy (non-hydrogen) atoms. The number of oxazole rings is 1. The highest BCUT2D eigenvalue weighted by atomic mass is 19.1. The molecular formula is C24H20FN7O2. The SMILES string of the molecule is C=CC(=O)N1CC[C@H](n2nc(C#Cc3cc4nc(C5CC5)oc4cc3F)c3c(N)ncnc32)C1. The van der Waals surface area contributed by atoms with Crippen LogP contribution in [0.1, 0.15) is 48.4 Å². The molecule has 1 aromatic carbocycles. The standard InChI is InChI=1S/C24H20FN7O2/c1-2-20(33)31-8-7-15(11-31)32-23-21(22(26)27-12-28-23)17(30-32)6-5-14-9-18-19(10-16(14)25)34-24(29-18)13-3-4-13/h2,9-10,12-13,15H,1,3-4,7-8,11H2,(H2,26,27,28)/t15-/m0/s1. The van der Waals surface area contributed by atoms with Gasteiger partial charge in [-0.1, -0.05) is 12.5 Å². The van der Waals surface area contributed by atoms with E-state index in [0.717, 1.165) is 12.8 Å². The van der Waals surface area contributed by atoms with Crippen LogP contribution in [0.15, 0.2) is 35.5 Å². The van der Waals surface area contributed by atoms with Gasteiger partial charge in [-0.3, -0.25) is 4.79 Å². The van der Waals surface area contributed by atoms with Gasteiger partial charge in [0, 0.05) is 25.1 Å². The molecule has 3 aromatic heterocycles. The van der Waals surface area contributed by atoms with Gasteiger partial charge in [-0.15, -0.1) is 0 Å². The summed E-state index contributed by atoms with van der Waals surface area (Å²) in [5.41, 5.74) is 8.17. The number of amides is 1. The first-order valence-electron chi connectivity index (χ1n) is 11.0. The van der Waals surface area contributed by atoms with E-state index in [9.17, 15) is 9.18 Å². The molecule has 9 nitrogen and oxygen atoms in total. The van der Waals surface area contributed by atoms with Gasteiger partial charge in [0.25, 0.3) is 0 Å². The van der Waals surface area contributed by atoms with E-state index in [-0.39, 0.29) is 23.3 Å². The number of fused-ring (bicyclic) bond motifs is 2. The predicted octanol–water partition coefficient (Wildman–Crippen LogP) is 2.93. The molecule has 1 atom stereocenters. The van der Waals surface area contributed by atoms with Gasteiger partial charge < -0.3 is 15.1 Å². The monoisotopic (exact) mass is 457 g/mol. The number of aromatic nitrogens is 5. The number of rotatable bonds is 3. The van der Waals surface area contributed by atoms with Gasteiger partial charge in [-0.2, -0.15) is 5.10 Å². The second-order valence-electron chi connectivity index (χ2n) is 8.56. The number of halogens is 1. The third-order valence-electron chi connectivity index (χ3n) is 6.25. The number of hydrogen-bond acceptors (Lipinski definition) is 7. The maximum atomic E-state index is 14.7. The van der Waals surface area contributed by atoms with Crippen LogP contribution in [0.2, 0.25) is 0 Å². The van der Waals surface area contributed by atoms with E-state index in [1.54, 1.807) is 15.6 Å². The number of hydrogen-bond donors (Lipinski definition) is 1. The molecule has 0 unspecified atom stereocenters. The Hall–Kier alpha value is -4.26. The minimum atomic E-state index is -0.499. The van der Waals surface area contributed by atoms with Crippen molar-refractivity contribution in [3.63, 3.8) is 0 Å². The number of nitrogens with zero attached hydrogens (tertiary/aromatic N) is 6. The third kappa shape index (κ3) is 3.37. The zero-order valence-electron chi connectivity index (χ0n) is 18.2. The Morgan fingerprint density at radius 1 is 1.26 bits per heavy atom. The van der Waals surface area contributed by atoms with E-state index >= 15 is 0 Å². The molecule has 0 radical (unpaired) electrons. The number of nitrogen functional groups attached to an aromatic ring is 1. The lowest BCUT2D eigenvalue weighted by Crippen LogP contribution is -2.27. The largest absolute Gasteiger partial charge is 0.440 e. The first-order chi connectivity index (χ1) is 16.5. The summed E-state index contributed by atoms with van der Waals surface area (Å²) < 4.78 is 22.1. The number of carbonyl (C=O) groups excluding carboxylic acids is 1. The Balaban J connectivity index is 1.39. The summed E-state index contributed by atoms with van der Waals surface area (Å²) in [5, 5.41) is 5.14. The molecule has 1 aliphatic heterocycles. The van der Waals surface area contributed by atoms with Crippen molar-refractivity contribution in [2.24, 2.45) is 0 Å². The van der Waals surface area contributed by atoms with Crippen LogP contribution >= 0.6 is 0 Å². The molecule has 1 saturated carbocycles. The van der Waals surface area contributed by atoms with Crippen molar-refractivity contribution in [2.45, 2.75) is 31.2 Å². The average Bonchev–Trinajstić information content (AvgIpc) is 3.25. The van der Waals surface area contributed by atoms with Crippen molar-refractivity contribution < 1.29 is 13.6 Å². The molecule has 4 aromatic rings. The summed E-state index contributed by atoms with van der Waals surface area (Å²) >= 11 is 0. The van der Waals surface area contributed by atoms with Crippen molar-refractivity contribution in [1.82, 2.24) is 29.6 Å². The van der Waals surface area contributed by atoms with Crippen molar-refractivity contribution >= 4 is 33.9 Å². The minimum Gasteiger partial charge on any atom is -0.440 e. The smallest absolute Gasteiger partial charge is 0.246 e. The lowest BCUT2D eigenvalue weighted by molar-refractivity contribution is -0.125. The van der Waals surface area contributed by atoms with Gasteiger partial charge in [0.15, 0.2) is 17.1 Å². The Morgan fingerprint density at radius 2 is 2.12 bits per heavy atom. The van der Waals surface area contributed by atoms with Crippen LogP contribution < -0.4 is 5.73 Å². The van der Waals surface area contributed by atoms with Gasteiger partial charge in [0.05, 0.1) is 17.0 Å². The summed E-state index contributed by atoms with van der Waals surface area (Å²) in [5.74, 6) is 6.39. The van der Waals surface area contributed by atoms with Gasteiger partial charge in [0.2, 0.25) is 5.91 Å². The fourth-order valence-electron chi connectivity index (χ4n) is 4.30. The molecule has 170 valence electrons. The zero-order chi connectivity index (χ0) is 23.4. The van der Waals surface area contributed by atoms with E-state index in [1.807, 2.05) is 0 Å². The van der Waals surface area contributed by atoms with Crippen LogP contribution in [0.4, 0.5) is 10.2 Å². The molecule has 0 spiro atoms. The van der Waals surface area contributed by atoms with Gasteiger partial charge in [0.1, 0.15) is 29.2 Å². The summed E-state index contributed by atoms with van der Waals surface area (Å²) in [7, 11) is 0. The summed E-state index contributed by atoms with van der Waals surface area (Å²) in [6, 6.07) is 2.80. The highest BCUT2D eigenvalue weighted by Gasteiger charge is 2.30. The fourth-order valence-corrected chi connectivity index (χ4v) is 4.30. The van der Waals surface area contributed by atoms with E-state index in [1.165, 1.54) is 18.5 Å². The first kappa shape index (κ1) is 20.4. The summed E-state index contributed by atoms with van der Waals surface area (Å²) in [4.78, 5) is 26.6. The van der Waals surface area contributed by atoms with Crippen LogP contribution in [-0.2, 0) is 4.79 Å². The molecule has 6 rings (SSSR count). The number of carbonyl (C=O) groups is 1. The van der Waals surface area contributed by atoms with E-state index in [4.69, 9.17) is 10.2 Å². The molecule has 1 saturated heterocycles. The number of anilines is 1. The number of likely N-dealkylation sites (tertiary alicyclic amines) is 1. The first-order valence-corrected chi connectivity index (χ1v) is 11.0. The van der Waals surface area contributed by atoms with Crippen LogP contribution in [0.25, 0.3) is 22.1 Å². The van der Waals surface area contributed by atoms with Crippen molar-refractivity contribution in [3.05, 3.63) is 54.1 Å². The molecule has 2 aliphatic rings. The van der Waals surface area contributed by atoms with E-state index in [0.29, 0.717) is 59.1 Å². The molecule has 4 heterocycles. The molecule has 2 fully saturated rings. The Kier molecular flexibility index (Phi) is 4.58. The van der Waals surface area contributed by atoms with Crippen molar-refractivity contribution in [3.8, 4) is 11.8 Å². The second-order valence-corrected chi connectivity index (χ2v) is 8.56. The van der Waals surface area contributed by atoms with Gasteiger partial charge >= 0.3 is 0 Å². The Bertz CT molecular complexity index is 1540. The van der Waals surface area contributed by atoms with Crippen LogP contribution in [0, 0.1) is 17.7 Å². The minimum absolute atomic E-state index is 0.0969. The van der Waals surface area contributed by atoms with E-state index < -0.39 is 5.82 Å². The molecule has 10 heteroatoms. The normalized spacial score (nSPS) is 17.8. The average molecular weight is 457 g/mol. The third-order valence-corrected chi connectivity index (χ3v) is 6.25. The van der Waals surface area contributed by atoms with E-state index in [2.05, 4.69) is 38.5 Å². The molecule has 0 bridgehead atoms. The fraction of sp³-hybridized carbons (Fsp3) is 0.292.